The van der Waals surface area contributed by atoms with Crippen LogP contribution in [0.15, 0.2) is 0 Å². The molecule has 0 rings (SSSR count). The van der Waals surface area contributed by atoms with Crippen molar-refractivity contribution in [2.75, 3.05) is 27.7 Å². The minimum absolute atomic E-state index is 0.0487. The second kappa shape index (κ2) is 8.13. The summed E-state index contributed by atoms with van der Waals surface area (Å²) in [5.41, 5.74) is -0.0487. The second-order valence-corrected chi connectivity index (χ2v) is 6.82. The van der Waals surface area contributed by atoms with Gasteiger partial charge < -0.3 is 15.0 Å². The predicted octanol–water partition coefficient (Wildman–Crippen LogP) is 2.76. The maximum atomic E-state index is 5.50. The van der Waals surface area contributed by atoms with Crippen molar-refractivity contribution in [1.82, 2.24) is 10.2 Å². The zero-order chi connectivity index (χ0) is 14.3. The summed E-state index contributed by atoms with van der Waals surface area (Å²) in [5.74, 6) is 0.727. The van der Waals surface area contributed by atoms with Crippen LogP contribution in [0.3, 0.4) is 0 Å². The van der Waals surface area contributed by atoms with E-state index in [-0.39, 0.29) is 5.60 Å². The molecule has 110 valence electrons. The molecule has 3 nitrogen and oxygen atoms in total. The molecule has 0 aliphatic carbocycles. The number of nitrogens with one attached hydrogen (secondary N) is 1. The molecule has 0 amide bonds. The minimum atomic E-state index is -0.0487. The van der Waals surface area contributed by atoms with E-state index in [4.69, 9.17) is 4.74 Å². The fourth-order valence-corrected chi connectivity index (χ4v) is 2.49. The topological polar surface area (TPSA) is 24.5 Å². The molecule has 1 N–H and O–H groups in total. The van der Waals surface area contributed by atoms with Crippen molar-refractivity contribution >= 4 is 0 Å². The summed E-state index contributed by atoms with van der Waals surface area (Å²) in [5, 5.41) is 3.75. The van der Waals surface area contributed by atoms with Crippen LogP contribution in [-0.2, 0) is 4.74 Å². The van der Waals surface area contributed by atoms with Gasteiger partial charge in [0.05, 0.1) is 5.60 Å². The summed E-state index contributed by atoms with van der Waals surface area (Å²) in [6.45, 7) is 12.2. The lowest BCUT2D eigenvalue weighted by molar-refractivity contribution is 0.00723. The van der Waals surface area contributed by atoms with Crippen LogP contribution < -0.4 is 5.32 Å². The van der Waals surface area contributed by atoms with E-state index in [9.17, 15) is 0 Å². The molecule has 0 aromatic carbocycles. The summed E-state index contributed by atoms with van der Waals surface area (Å²) < 4.78 is 5.50. The highest BCUT2D eigenvalue weighted by Gasteiger charge is 2.22. The van der Waals surface area contributed by atoms with Gasteiger partial charge in [-0.1, -0.05) is 13.8 Å². The van der Waals surface area contributed by atoms with Gasteiger partial charge in [0, 0.05) is 25.7 Å². The van der Waals surface area contributed by atoms with Gasteiger partial charge in [-0.25, -0.2) is 0 Å². The van der Waals surface area contributed by atoms with Crippen molar-refractivity contribution in [3.63, 3.8) is 0 Å². The molecule has 2 atom stereocenters. The van der Waals surface area contributed by atoms with Crippen LogP contribution in [0, 0.1) is 5.92 Å². The third kappa shape index (κ3) is 8.90. The molecule has 0 bridgehead atoms. The van der Waals surface area contributed by atoms with Crippen LogP contribution in [0.5, 0.6) is 0 Å². The van der Waals surface area contributed by atoms with Gasteiger partial charge in [-0.05, 0) is 53.6 Å². The first kappa shape index (κ1) is 17.9. The third-order valence-corrected chi connectivity index (χ3v) is 3.21. The van der Waals surface area contributed by atoms with E-state index in [0.717, 1.165) is 18.9 Å². The van der Waals surface area contributed by atoms with Gasteiger partial charge in [-0.3, -0.25) is 0 Å². The van der Waals surface area contributed by atoms with Gasteiger partial charge in [-0.2, -0.15) is 0 Å². The van der Waals surface area contributed by atoms with Crippen molar-refractivity contribution < 1.29 is 4.74 Å². The highest BCUT2D eigenvalue weighted by atomic mass is 16.5. The summed E-state index contributed by atoms with van der Waals surface area (Å²) >= 11 is 0. The Hall–Kier alpha value is -0.120. The van der Waals surface area contributed by atoms with Crippen molar-refractivity contribution in [3.05, 3.63) is 0 Å². The first-order chi connectivity index (χ1) is 8.16. The van der Waals surface area contributed by atoms with Crippen LogP contribution in [0.4, 0.5) is 0 Å². The van der Waals surface area contributed by atoms with E-state index < -0.39 is 0 Å². The molecule has 0 aromatic rings. The standard InChI is InChI=1S/C15H34N2O/c1-12(2)9-14(11-17(6)7)16-13(3)10-15(4,5)18-8/h12-14,16H,9-11H2,1-8H3. The summed E-state index contributed by atoms with van der Waals surface area (Å²) in [4.78, 5) is 2.26. The highest BCUT2D eigenvalue weighted by Crippen LogP contribution is 2.16. The van der Waals surface area contributed by atoms with Gasteiger partial charge in [0.15, 0.2) is 0 Å². The Morgan fingerprint density at radius 3 is 2.11 bits per heavy atom. The molecule has 0 fully saturated rings. The van der Waals surface area contributed by atoms with Crippen molar-refractivity contribution in [1.29, 1.82) is 0 Å². The SMILES string of the molecule is COC(C)(C)CC(C)NC(CC(C)C)CN(C)C. The Bertz CT molecular complexity index is 205. The molecule has 18 heavy (non-hydrogen) atoms. The van der Waals surface area contributed by atoms with E-state index in [0.29, 0.717) is 12.1 Å². The largest absolute Gasteiger partial charge is 0.379 e. The van der Waals surface area contributed by atoms with Gasteiger partial charge in [0.2, 0.25) is 0 Å². The molecule has 0 saturated heterocycles. The van der Waals surface area contributed by atoms with Crippen LogP contribution in [0.2, 0.25) is 0 Å². The van der Waals surface area contributed by atoms with Gasteiger partial charge in [0.1, 0.15) is 0 Å². The van der Waals surface area contributed by atoms with Gasteiger partial charge in [0.25, 0.3) is 0 Å². The van der Waals surface area contributed by atoms with Gasteiger partial charge in [-0.15, -0.1) is 0 Å². The average molecular weight is 258 g/mol. The van der Waals surface area contributed by atoms with Gasteiger partial charge >= 0.3 is 0 Å². The molecule has 0 aliphatic heterocycles. The Labute approximate surface area is 114 Å². The maximum absolute atomic E-state index is 5.50. The molecular formula is C15H34N2O. The number of rotatable bonds is 9. The quantitative estimate of drug-likeness (QED) is 0.688. The average Bonchev–Trinajstić information content (AvgIpc) is 2.14. The zero-order valence-electron chi connectivity index (χ0n) is 13.7. The van der Waals surface area contributed by atoms with E-state index >= 15 is 0 Å². The van der Waals surface area contributed by atoms with Crippen LogP contribution >= 0.6 is 0 Å². The van der Waals surface area contributed by atoms with Crippen molar-refractivity contribution in [2.45, 2.75) is 65.1 Å². The first-order valence-corrected chi connectivity index (χ1v) is 7.12. The summed E-state index contributed by atoms with van der Waals surface area (Å²) in [6, 6.07) is 1.03. The maximum Gasteiger partial charge on any atom is 0.0637 e. The number of hydrogen-bond donors (Lipinski definition) is 1. The number of nitrogens with zero attached hydrogens (tertiary/aromatic N) is 1. The number of likely N-dealkylation sites (N-methyl/N-ethyl adjacent to an activating group) is 1. The number of ether oxygens (including phenoxy) is 1. The van der Waals surface area contributed by atoms with Crippen LogP contribution in [-0.4, -0.2) is 50.3 Å². The molecule has 0 saturated carbocycles. The molecule has 2 unspecified atom stereocenters. The Morgan fingerprint density at radius 1 is 1.17 bits per heavy atom. The molecule has 0 heterocycles. The Balaban J connectivity index is 4.29. The smallest absolute Gasteiger partial charge is 0.0637 e. The van der Waals surface area contributed by atoms with E-state index in [1.165, 1.54) is 6.42 Å². The monoisotopic (exact) mass is 258 g/mol. The lowest BCUT2D eigenvalue weighted by Crippen LogP contribution is -2.46. The molecule has 0 spiro atoms. The minimum Gasteiger partial charge on any atom is -0.379 e. The van der Waals surface area contributed by atoms with E-state index in [2.05, 4.69) is 58.9 Å². The lowest BCUT2D eigenvalue weighted by atomic mass is 9.97. The second-order valence-electron chi connectivity index (χ2n) is 6.82. The predicted molar refractivity (Wildman–Crippen MR) is 80.1 cm³/mol. The number of hydrogen-bond acceptors (Lipinski definition) is 3. The fraction of sp³-hybridized carbons (Fsp3) is 1.00. The summed E-state index contributed by atoms with van der Waals surface area (Å²) in [6.07, 6.45) is 2.25. The molecule has 0 aromatic heterocycles. The van der Waals surface area contributed by atoms with E-state index in [1.54, 1.807) is 7.11 Å². The Kier molecular flexibility index (Phi) is 8.08. The number of methoxy groups -OCH3 is 1. The zero-order valence-corrected chi connectivity index (χ0v) is 13.7. The van der Waals surface area contributed by atoms with E-state index in [1.807, 2.05) is 0 Å². The normalized spacial score (nSPS) is 16.3. The third-order valence-electron chi connectivity index (χ3n) is 3.21. The molecule has 3 heteroatoms. The first-order valence-electron chi connectivity index (χ1n) is 7.12. The van der Waals surface area contributed by atoms with Crippen molar-refractivity contribution in [2.24, 2.45) is 5.92 Å². The summed E-state index contributed by atoms with van der Waals surface area (Å²) in [7, 11) is 6.07. The van der Waals surface area contributed by atoms with Crippen LogP contribution in [0.1, 0.15) is 47.5 Å². The Morgan fingerprint density at radius 2 is 1.72 bits per heavy atom. The van der Waals surface area contributed by atoms with Crippen molar-refractivity contribution in [3.8, 4) is 0 Å². The molecule has 0 radical (unpaired) electrons. The lowest BCUT2D eigenvalue weighted by Gasteiger charge is -2.31. The molecular weight excluding hydrogens is 224 g/mol. The van der Waals surface area contributed by atoms with Crippen LogP contribution in [0.25, 0.3) is 0 Å². The fourth-order valence-electron chi connectivity index (χ4n) is 2.49. The highest BCUT2D eigenvalue weighted by molar-refractivity contribution is 4.80. The molecule has 0 aliphatic rings.